The molecular weight excluding hydrogens is 257 g/mol. The molecule has 1 heterocycles. The number of methoxy groups -OCH3 is 1. The van der Waals surface area contributed by atoms with Gasteiger partial charge in [-0.1, -0.05) is 5.16 Å². The molecule has 0 aliphatic heterocycles. The lowest BCUT2D eigenvalue weighted by Crippen LogP contribution is -1.97. The van der Waals surface area contributed by atoms with E-state index in [1.807, 2.05) is 0 Å². The maximum absolute atomic E-state index is 14.3. The van der Waals surface area contributed by atoms with Crippen molar-refractivity contribution in [2.45, 2.75) is 11.4 Å². The van der Waals surface area contributed by atoms with Crippen molar-refractivity contribution in [3.8, 4) is 17.1 Å². The molecule has 96 valence electrons. The molecule has 0 saturated carbocycles. The number of ether oxygens (including phenoxy) is 1. The lowest BCUT2D eigenvalue weighted by Gasteiger charge is -2.08. The zero-order valence-corrected chi connectivity index (χ0v) is 10.8. The third-order valence-corrected chi connectivity index (χ3v) is 3.16. The number of aromatic nitrogens is 2. The second-order valence-corrected chi connectivity index (χ2v) is 4.19. The molecule has 0 saturated heterocycles. The van der Waals surface area contributed by atoms with Gasteiger partial charge in [0.15, 0.2) is 5.82 Å². The first kappa shape index (κ1) is 12.8. The molecule has 2 rings (SSSR count). The molecule has 1 aromatic carbocycles. The van der Waals surface area contributed by atoms with Crippen LogP contribution in [0.1, 0.15) is 5.89 Å². The van der Waals surface area contributed by atoms with Crippen molar-refractivity contribution in [1.29, 1.82) is 0 Å². The highest BCUT2D eigenvalue weighted by atomic mass is 32.2. The second kappa shape index (κ2) is 5.36. The third-order valence-electron chi connectivity index (χ3n) is 2.37. The predicted molar refractivity (Wildman–Crippen MR) is 65.9 cm³/mol. The number of nitrogens with zero attached hydrogens (tertiary/aromatic N) is 2. The second-order valence-electron chi connectivity index (χ2n) is 3.38. The summed E-state index contributed by atoms with van der Waals surface area (Å²) in [6.07, 6.45) is 1.77. The quantitative estimate of drug-likeness (QED) is 0.856. The Labute approximate surface area is 108 Å². The normalized spacial score (nSPS) is 10.7. The molecule has 5 nitrogen and oxygen atoms in total. The monoisotopic (exact) mass is 269 g/mol. The lowest BCUT2D eigenvalue weighted by atomic mass is 10.2. The highest BCUT2D eigenvalue weighted by Gasteiger charge is 2.18. The van der Waals surface area contributed by atoms with Crippen LogP contribution >= 0.6 is 11.8 Å². The van der Waals surface area contributed by atoms with Gasteiger partial charge in [-0.3, -0.25) is 0 Å². The first-order valence-electron chi connectivity index (χ1n) is 5.14. The number of rotatable bonds is 4. The average molecular weight is 269 g/mol. The van der Waals surface area contributed by atoms with Gasteiger partial charge in [0.2, 0.25) is 11.7 Å². The van der Waals surface area contributed by atoms with Crippen LogP contribution in [-0.4, -0.2) is 23.5 Å². The number of halogens is 1. The van der Waals surface area contributed by atoms with Crippen molar-refractivity contribution >= 4 is 11.8 Å². The number of hydrogen-bond acceptors (Lipinski definition) is 6. The summed E-state index contributed by atoms with van der Waals surface area (Å²) in [5, 5.41) is 3.69. The largest absolute Gasteiger partial charge is 0.495 e. The molecule has 0 unspecified atom stereocenters. The molecule has 18 heavy (non-hydrogen) atoms. The Bertz CT molecular complexity index is 559. The molecule has 0 aliphatic carbocycles. The zero-order valence-electron chi connectivity index (χ0n) is 9.94. The summed E-state index contributed by atoms with van der Waals surface area (Å²) in [6.45, 7) is 0.125. The van der Waals surface area contributed by atoms with Crippen LogP contribution in [0.2, 0.25) is 0 Å². The molecule has 1 aromatic heterocycles. The Balaban J connectivity index is 2.51. The smallest absolute Gasteiger partial charge is 0.240 e. The van der Waals surface area contributed by atoms with Gasteiger partial charge in [-0.15, -0.1) is 11.8 Å². The van der Waals surface area contributed by atoms with Gasteiger partial charge in [-0.25, -0.2) is 4.39 Å². The number of nitrogens with two attached hydrogens (primary N) is 1. The van der Waals surface area contributed by atoms with E-state index in [1.54, 1.807) is 18.4 Å². The Hall–Kier alpha value is -1.60. The van der Waals surface area contributed by atoms with Crippen LogP contribution in [0.25, 0.3) is 11.4 Å². The van der Waals surface area contributed by atoms with Crippen molar-refractivity contribution in [3.05, 3.63) is 23.8 Å². The summed E-state index contributed by atoms with van der Waals surface area (Å²) in [6, 6.07) is 3.22. The average Bonchev–Trinajstić information content (AvgIpc) is 2.86. The topological polar surface area (TPSA) is 74.2 Å². The molecule has 0 spiro atoms. The standard InChI is InChI=1S/C11H12FN3O2S/c1-16-7-4-3-6(9(12)10(7)18-2)11-14-8(5-13)17-15-11/h3-4H,5,13H2,1-2H3. The van der Waals surface area contributed by atoms with Crippen molar-refractivity contribution < 1.29 is 13.7 Å². The molecule has 2 aromatic rings. The van der Waals surface area contributed by atoms with Crippen LogP contribution in [0.5, 0.6) is 5.75 Å². The molecule has 7 heteroatoms. The highest BCUT2D eigenvalue weighted by molar-refractivity contribution is 7.98. The van der Waals surface area contributed by atoms with E-state index in [2.05, 4.69) is 10.1 Å². The van der Waals surface area contributed by atoms with Crippen molar-refractivity contribution in [2.75, 3.05) is 13.4 Å². The maximum atomic E-state index is 14.3. The van der Waals surface area contributed by atoms with E-state index in [4.69, 9.17) is 15.0 Å². The molecule has 0 fully saturated rings. The van der Waals surface area contributed by atoms with Gasteiger partial charge in [0.05, 0.1) is 24.1 Å². The summed E-state index contributed by atoms with van der Waals surface area (Å²) < 4.78 is 24.2. The van der Waals surface area contributed by atoms with Gasteiger partial charge in [-0.2, -0.15) is 4.98 Å². The van der Waals surface area contributed by atoms with Crippen molar-refractivity contribution in [1.82, 2.24) is 10.1 Å². The Morgan fingerprint density at radius 3 is 2.83 bits per heavy atom. The minimum absolute atomic E-state index is 0.125. The fraction of sp³-hybridized carbons (Fsp3) is 0.273. The molecule has 2 N–H and O–H groups in total. The lowest BCUT2D eigenvalue weighted by molar-refractivity contribution is 0.380. The first-order valence-corrected chi connectivity index (χ1v) is 6.37. The molecule has 0 atom stereocenters. The fourth-order valence-electron chi connectivity index (χ4n) is 1.51. The van der Waals surface area contributed by atoms with Crippen molar-refractivity contribution in [2.24, 2.45) is 5.73 Å². The van der Waals surface area contributed by atoms with Crippen LogP contribution in [0.3, 0.4) is 0 Å². The molecule has 0 radical (unpaired) electrons. The van der Waals surface area contributed by atoms with Gasteiger partial charge < -0.3 is 15.0 Å². The minimum Gasteiger partial charge on any atom is -0.495 e. The summed E-state index contributed by atoms with van der Waals surface area (Å²) in [5.41, 5.74) is 5.63. The summed E-state index contributed by atoms with van der Waals surface area (Å²) >= 11 is 1.26. The highest BCUT2D eigenvalue weighted by Crippen LogP contribution is 2.35. The Morgan fingerprint density at radius 2 is 2.28 bits per heavy atom. The first-order chi connectivity index (χ1) is 8.71. The summed E-state index contributed by atoms with van der Waals surface area (Å²) in [4.78, 5) is 4.41. The third kappa shape index (κ3) is 2.19. The minimum atomic E-state index is -0.425. The molecule has 0 bridgehead atoms. The molecular formula is C11H12FN3O2S. The maximum Gasteiger partial charge on any atom is 0.240 e. The van der Waals surface area contributed by atoms with E-state index in [0.29, 0.717) is 10.6 Å². The summed E-state index contributed by atoms with van der Waals surface area (Å²) in [7, 11) is 1.50. The Morgan fingerprint density at radius 1 is 1.50 bits per heavy atom. The number of thioether (sulfide) groups is 1. The summed E-state index contributed by atoms with van der Waals surface area (Å²) in [5.74, 6) is 0.509. The van der Waals surface area contributed by atoms with Crippen LogP contribution in [0.15, 0.2) is 21.6 Å². The van der Waals surface area contributed by atoms with Crippen LogP contribution in [0.4, 0.5) is 4.39 Å². The van der Waals surface area contributed by atoms with E-state index in [1.165, 1.54) is 18.9 Å². The van der Waals surface area contributed by atoms with Crippen LogP contribution in [0, 0.1) is 5.82 Å². The van der Waals surface area contributed by atoms with Gasteiger partial charge in [0.25, 0.3) is 0 Å². The van der Waals surface area contributed by atoms with Gasteiger partial charge in [0, 0.05) is 0 Å². The van der Waals surface area contributed by atoms with E-state index < -0.39 is 5.82 Å². The molecule has 0 aliphatic rings. The van der Waals surface area contributed by atoms with Crippen LogP contribution in [-0.2, 0) is 6.54 Å². The Kier molecular flexibility index (Phi) is 3.83. The van der Waals surface area contributed by atoms with Gasteiger partial charge in [0.1, 0.15) is 5.75 Å². The van der Waals surface area contributed by atoms with Gasteiger partial charge >= 0.3 is 0 Å². The predicted octanol–water partition coefficient (Wildman–Crippen LogP) is 2.06. The van der Waals surface area contributed by atoms with E-state index in [-0.39, 0.29) is 23.8 Å². The SMILES string of the molecule is COc1ccc(-c2noc(CN)n2)c(F)c1SC. The van der Waals surface area contributed by atoms with E-state index in [0.717, 1.165) is 0 Å². The molecule has 0 amide bonds. The van der Waals surface area contributed by atoms with Crippen LogP contribution < -0.4 is 10.5 Å². The van der Waals surface area contributed by atoms with E-state index in [9.17, 15) is 4.39 Å². The fourth-order valence-corrected chi connectivity index (χ4v) is 2.15. The number of benzene rings is 1. The zero-order chi connectivity index (χ0) is 13.1. The van der Waals surface area contributed by atoms with Crippen molar-refractivity contribution in [3.63, 3.8) is 0 Å². The number of hydrogen-bond donors (Lipinski definition) is 1. The van der Waals surface area contributed by atoms with E-state index >= 15 is 0 Å². The van der Waals surface area contributed by atoms with Gasteiger partial charge in [-0.05, 0) is 18.4 Å².